The molecule has 4 aliphatic rings. The lowest BCUT2D eigenvalue weighted by Crippen LogP contribution is -2.25. The third-order valence-electron chi connectivity index (χ3n) is 16.2. The molecule has 68 heavy (non-hydrogen) atoms. The summed E-state index contributed by atoms with van der Waals surface area (Å²) in [5, 5.41) is 2.27. The minimum Gasteiger partial charge on any atom is -0.455 e. The van der Waals surface area contributed by atoms with Crippen molar-refractivity contribution in [2.75, 3.05) is 0 Å². The Balaban J connectivity index is 0.965. The van der Waals surface area contributed by atoms with Gasteiger partial charge in [-0.05, 0) is 108 Å². The molecule has 4 nitrogen and oxygen atoms in total. The monoisotopic (exact) mass is 869 g/mol. The van der Waals surface area contributed by atoms with E-state index in [0.717, 1.165) is 44.2 Å². The summed E-state index contributed by atoms with van der Waals surface area (Å²) >= 11 is 0. The van der Waals surface area contributed by atoms with Gasteiger partial charge in [-0.1, -0.05) is 191 Å². The molecule has 2 heterocycles. The van der Waals surface area contributed by atoms with Gasteiger partial charge in [0.1, 0.15) is 11.2 Å². The Morgan fingerprint density at radius 1 is 0.324 bits per heavy atom. The lowest BCUT2D eigenvalue weighted by atomic mass is 9.70. The predicted molar refractivity (Wildman–Crippen MR) is 275 cm³/mol. The van der Waals surface area contributed by atoms with Gasteiger partial charge in [0.25, 0.3) is 0 Å². The maximum Gasteiger partial charge on any atom is 0.164 e. The van der Waals surface area contributed by atoms with Crippen molar-refractivity contribution in [1.29, 1.82) is 0 Å². The first-order valence-corrected chi connectivity index (χ1v) is 23.8. The SMILES string of the molecule is CC1(C)c2ccccc2-c2ccc(-c3nc(-c4ccc5c(c4)C(C)(C)c4ccccc4-5)nc(-c4ccc5c(c4)C4(c6ccccc6-5)c5ccccc5-c5c4ccc4c5oc5ccccc54)n3)cc21. The number of fused-ring (bicyclic) bond motifs is 20. The van der Waals surface area contributed by atoms with Gasteiger partial charge >= 0.3 is 0 Å². The Hall–Kier alpha value is -8.21. The highest BCUT2D eigenvalue weighted by Gasteiger charge is 2.52. The summed E-state index contributed by atoms with van der Waals surface area (Å²) in [6.07, 6.45) is 0. The molecule has 15 rings (SSSR count). The molecule has 0 amide bonds. The van der Waals surface area contributed by atoms with Crippen LogP contribution in [0.5, 0.6) is 0 Å². The second-order valence-corrected chi connectivity index (χ2v) is 20.2. The number of furan rings is 1. The van der Waals surface area contributed by atoms with Crippen LogP contribution >= 0.6 is 0 Å². The van der Waals surface area contributed by atoms with E-state index in [2.05, 4.69) is 216 Å². The fraction of sp³-hybridized carbons (Fsp3) is 0.109. The van der Waals surface area contributed by atoms with E-state index in [1.165, 1.54) is 83.5 Å². The second kappa shape index (κ2) is 13.0. The fourth-order valence-electron chi connectivity index (χ4n) is 13.0. The van der Waals surface area contributed by atoms with Crippen LogP contribution < -0.4 is 0 Å². The van der Waals surface area contributed by atoms with Crippen LogP contribution in [-0.2, 0) is 16.2 Å². The Morgan fingerprint density at radius 2 is 0.735 bits per heavy atom. The summed E-state index contributed by atoms with van der Waals surface area (Å²) in [6, 6.07) is 69.0. The van der Waals surface area contributed by atoms with E-state index in [4.69, 9.17) is 19.4 Å². The summed E-state index contributed by atoms with van der Waals surface area (Å²) in [5.41, 5.74) is 24.0. The summed E-state index contributed by atoms with van der Waals surface area (Å²) < 4.78 is 6.83. The van der Waals surface area contributed by atoms with E-state index >= 15 is 0 Å². The lowest BCUT2D eigenvalue weighted by Gasteiger charge is -2.30. The zero-order chi connectivity index (χ0) is 45.3. The average Bonchev–Trinajstić information content (AvgIpc) is 4.12. The second-order valence-electron chi connectivity index (χ2n) is 20.2. The highest BCUT2D eigenvalue weighted by Crippen LogP contribution is 2.64. The summed E-state index contributed by atoms with van der Waals surface area (Å²) in [4.78, 5) is 16.3. The molecular formula is C64H43N3O. The molecule has 0 fully saturated rings. The molecule has 0 N–H and O–H groups in total. The first-order chi connectivity index (χ1) is 33.2. The van der Waals surface area contributed by atoms with Crippen LogP contribution in [0.3, 0.4) is 0 Å². The van der Waals surface area contributed by atoms with Crippen molar-refractivity contribution in [3.05, 3.63) is 233 Å². The van der Waals surface area contributed by atoms with Crippen molar-refractivity contribution in [2.45, 2.75) is 43.9 Å². The van der Waals surface area contributed by atoms with E-state index < -0.39 is 5.41 Å². The lowest BCUT2D eigenvalue weighted by molar-refractivity contribution is 0.660. The number of hydrogen-bond donors (Lipinski definition) is 0. The third kappa shape index (κ3) is 4.72. The molecule has 1 atom stereocenters. The largest absolute Gasteiger partial charge is 0.455 e. The van der Waals surface area contributed by atoms with Crippen LogP contribution in [0.1, 0.15) is 72.2 Å². The molecule has 2 aromatic heterocycles. The van der Waals surface area contributed by atoms with E-state index in [9.17, 15) is 0 Å². The quantitative estimate of drug-likeness (QED) is 0.177. The Morgan fingerprint density at radius 3 is 1.29 bits per heavy atom. The molecule has 0 saturated carbocycles. The molecule has 1 spiro atoms. The Kier molecular flexibility index (Phi) is 7.27. The van der Waals surface area contributed by atoms with Gasteiger partial charge in [-0.25, -0.2) is 15.0 Å². The molecule has 0 radical (unpaired) electrons. The molecule has 4 aliphatic carbocycles. The van der Waals surface area contributed by atoms with E-state index in [1.54, 1.807) is 0 Å². The van der Waals surface area contributed by atoms with Crippen molar-refractivity contribution < 1.29 is 4.42 Å². The van der Waals surface area contributed by atoms with Gasteiger partial charge in [0.2, 0.25) is 0 Å². The highest BCUT2D eigenvalue weighted by molar-refractivity contribution is 6.13. The van der Waals surface area contributed by atoms with E-state index in [-0.39, 0.29) is 10.8 Å². The molecule has 0 saturated heterocycles. The van der Waals surface area contributed by atoms with Gasteiger partial charge in [-0.15, -0.1) is 0 Å². The van der Waals surface area contributed by atoms with E-state index in [1.807, 2.05) is 0 Å². The summed E-state index contributed by atoms with van der Waals surface area (Å²) in [5.74, 6) is 1.96. The van der Waals surface area contributed by atoms with Crippen molar-refractivity contribution in [3.8, 4) is 78.7 Å². The average molecular weight is 870 g/mol. The Labute approximate surface area is 394 Å². The number of aromatic nitrogens is 3. The third-order valence-corrected chi connectivity index (χ3v) is 16.2. The molecule has 11 aromatic rings. The van der Waals surface area contributed by atoms with Crippen molar-refractivity contribution in [1.82, 2.24) is 15.0 Å². The van der Waals surface area contributed by atoms with Gasteiger partial charge in [-0.3, -0.25) is 0 Å². The van der Waals surface area contributed by atoms with Crippen LogP contribution in [-0.4, -0.2) is 15.0 Å². The maximum atomic E-state index is 6.83. The van der Waals surface area contributed by atoms with Crippen LogP contribution in [0.4, 0.5) is 0 Å². The highest BCUT2D eigenvalue weighted by atomic mass is 16.3. The molecular weight excluding hydrogens is 827 g/mol. The van der Waals surface area contributed by atoms with Gasteiger partial charge in [0.05, 0.1) is 5.41 Å². The number of benzene rings is 9. The molecule has 320 valence electrons. The predicted octanol–water partition coefficient (Wildman–Crippen LogP) is 15.7. The number of nitrogens with zero attached hydrogens (tertiary/aromatic N) is 3. The fourth-order valence-corrected chi connectivity index (χ4v) is 13.0. The zero-order valence-electron chi connectivity index (χ0n) is 38.1. The number of hydrogen-bond acceptors (Lipinski definition) is 4. The number of para-hydroxylation sites is 1. The molecule has 4 heteroatoms. The summed E-state index contributed by atoms with van der Waals surface area (Å²) in [7, 11) is 0. The van der Waals surface area contributed by atoms with E-state index in [0.29, 0.717) is 17.5 Å². The van der Waals surface area contributed by atoms with Gasteiger partial charge in [0.15, 0.2) is 17.5 Å². The van der Waals surface area contributed by atoms with Gasteiger partial charge < -0.3 is 4.42 Å². The zero-order valence-corrected chi connectivity index (χ0v) is 38.1. The first kappa shape index (κ1) is 38.0. The van der Waals surface area contributed by atoms with Crippen LogP contribution in [0, 0.1) is 0 Å². The molecule has 0 aliphatic heterocycles. The topological polar surface area (TPSA) is 51.8 Å². The molecule has 1 unspecified atom stereocenters. The molecule has 9 aromatic carbocycles. The van der Waals surface area contributed by atoms with Gasteiger partial charge in [-0.2, -0.15) is 0 Å². The maximum absolute atomic E-state index is 6.83. The van der Waals surface area contributed by atoms with Crippen LogP contribution in [0.2, 0.25) is 0 Å². The van der Waals surface area contributed by atoms with Crippen LogP contribution in [0.25, 0.3) is 101 Å². The minimum atomic E-state index is -0.596. The van der Waals surface area contributed by atoms with Crippen molar-refractivity contribution >= 4 is 21.9 Å². The first-order valence-electron chi connectivity index (χ1n) is 23.8. The summed E-state index contributed by atoms with van der Waals surface area (Å²) in [6.45, 7) is 9.31. The normalized spacial score (nSPS) is 16.8. The Bertz CT molecular complexity index is 3930. The van der Waals surface area contributed by atoms with Gasteiger partial charge in [0, 0.05) is 43.9 Å². The minimum absolute atomic E-state index is 0.174. The number of rotatable bonds is 3. The molecule has 0 bridgehead atoms. The standard InChI is InChI=1S/C64H43N3O/c1-62(2)48-20-10-5-15-39(48)42-28-25-36(33-53(42)62)59-65-60(37-26-29-43-40-16-6-11-21-49(40)63(3,4)54(43)34-37)67-61(66-59)38-27-30-44-41-17-7-12-22-50(41)64(55(44)35-38)51-23-13-8-19-47(51)57-52(64)32-31-46-45-18-9-14-24-56(45)68-58(46)57/h5-35H,1-4H3. The van der Waals surface area contributed by atoms with Crippen molar-refractivity contribution in [3.63, 3.8) is 0 Å². The van der Waals surface area contributed by atoms with Crippen molar-refractivity contribution in [2.24, 2.45) is 0 Å². The smallest absolute Gasteiger partial charge is 0.164 e. The van der Waals surface area contributed by atoms with Crippen LogP contribution in [0.15, 0.2) is 192 Å².